The van der Waals surface area contributed by atoms with Gasteiger partial charge < -0.3 is 15.2 Å². The van der Waals surface area contributed by atoms with Crippen LogP contribution >= 0.6 is 0 Å². The van der Waals surface area contributed by atoms with Gasteiger partial charge in [0.05, 0.1) is 11.9 Å². The molecule has 1 aliphatic heterocycles. The minimum atomic E-state index is -3.33. The van der Waals surface area contributed by atoms with Crippen molar-refractivity contribution < 1.29 is 27.4 Å². The van der Waals surface area contributed by atoms with Gasteiger partial charge in [-0.15, -0.1) is 0 Å². The standard InChI is InChI=1S/C30H37FN4O5S/c1-3-4-17-35(29-14-9-25(36)20-28(29)31)30(37)32-23-15-18-34(19-16-23)21-22-5-10-26(11-6-22)40-27-12-7-24(8-13-27)33-41(2,38)39/h5-14,20,23,33,36H,3-4,15-19,21H2,1-2H3,(H,32,37). The van der Waals surface area contributed by atoms with Gasteiger partial charge in [0.1, 0.15) is 17.2 Å². The van der Waals surface area contributed by atoms with Crippen molar-refractivity contribution in [2.45, 2.75) is 45.2 Å². The summed E-state index contributed by atoms with van der Waals surface area (Å²) in [6.45, 7) is 4.82. The number of anilines is 2. The molecule has 2 amide bonds. The van der Waals surface area contributed by atoms with Crippen molar-refractivity contribution in [2.24, 2.45) is 0 Å². The number of ether oxygens (including phenoxy) is 1. The van der Waals surface area contributed by atoms with Crippen LogP contribution < -0.4 is 19.7 Å². The molecule has 3 N–H and O–H groups in total. The number of phenolic OH excluding ortho intramolecular Hbond substituents is 1. The second-order valence-corrected chi connectivity index (χ2v) is 12.0. The molecule has 3 aromatic rings. The number of phenols is 1. The molecule has 0 atom stereocenters. The lowest BCUT2D eigenvalue weighted by Gasteiger charge is -2.34. The number of aromatic hydroxyl groups is 1. The highest BCUT2D eigenvalue weighted by Crippen LogP contribution is 2.26. The molecule has 0 bridgehead atoms. The van der Waals surface area contributed by atoms with E-state index >= 15 is 0 Å². The summed E-state index contributed by atoms with van der Waals surface area (Å²) in [5.41, 5.74) is 1.78. The Bertz CT molecular complexity index is 1410. The Labute approximate surface area is 241 Å². The molecule has 9 nitrogen and oxygen atoms in total. The molecule has 41 heavy (non-hydrogen) atoms. The Morgan fingerprint density at radius 2 is 1.68 bits per heavy atom. The monoisotopic (exact) mass is 584 g/mol. The summed E-state index contributed by atoms with van der Waals surface area (Å²) in [7, 11) is -3.33. The normalized spacial score (nSPS) is 14.4. The van der Waals surface area contributed by atoms with Crippen molar-refractivity contribution in [3.63, 3.8) is 0 Å². The van der Waals surface area contributed by atoms with Gasteiger partial charge in [-0.3, -0.25) is 14.5 Å². The minimum Gasteiger partial charge on any atom is -0.508 e. The van der Waals surface area contributed by atoms with Gasteiger partial charge in [0.25, 0.3) is 0 Å². The molecule has 1 saturated heterocycles. The predicted molar refractivity (Wildman–Crippen MR) is 159 cm³/mol. The average molecular weight is 585 g/mol. The number of benzene rings is 3. The van der Waals surface area contributed by atoms with Crippen LogP contribution in [-0.4, -0.2) is 56.4 Å². The van der Waals surface area contributed by atoms with Gasteiger partial charge >= 0.3 is 6.03 Å². The zero-order valence-corrected chi connectivity index (χ0v) is 24.2. The first kappa shape index (κ1) is 30.1. The number of hydrogen-bond donors (Lipinski definition) is 3. The zero-order chi connectivity index (χ0) is 29.4. The van der Waals surface area contributed by atoms with E-state index in [-0.39, 0.29) is 23.5 Å². The number of rotatable bonds is 11. The van der Waals surface area contributed by atoms with Crippen molar-refractivity contribution in [1.29, 1.82) is 0 Å². The van der Waals surface area contributed by atoms with Crippen LogP contribution in [0.4, 0.5) is 20.6 Å². The second-order valence-electron chi connectivity index (χ2n) is 10.3. The Kier molecular flexibility index (Phi) is 10.1. The molecule has 4 rings (SSSR count). The quantitative estimate of drug-likeness (QED) is 0.268. The topological polar surface area (TPSA) is 111 Å². The highest BCUT2D eigenvalue weighted by atomic mass is 32.2. The molecule has 0 aliphatic carbocycles. The van der Waals surface area contributed by atoms with Crippen LogP contribution in [0.15, 0.2) is 66.7 Å². The molecule has 0 unspecified atom stereocenters. The molecule has 220 valence electrons. The van der Waals surface area contributed by atoms with E-state index in [0.29, 0.717) is 23.7 Å². The zero-order valence-electron chi connectivity index (χ0n) is 23.3. The number of sulfonamides is 1. The molecule has 1 heterocycles. The molecule has 0 aromatic heterocycles. The van der Waals surface area contributed by atoms with Crippen LogP contribution in [0, 0.1) is 5.82 Å². The van der Waals surface area contributed by atoms with Gasteiger partial charge in [-0.1, -0.05) is 25.5 Å². The summed E-state index contributed by atoms with van der Waals surface area (Å²) in [4.78, 5) is 16.9. The Morgan fingerprint density at radius 3 is 2.27 bits per heavy atom. The Hall–Kier alpha value is -3.83. The molecule has 1 aliphatic rings. The molecule has 1 fully saturated rings. The van der Waals surface area contributed by atoms with Crippen LogP contribution in [0.5, 0.6) is 17.2 Å². The van der Waals surface area contributed by atoms with Crippen LogP contribution in [0.1, 0.15) is 38.2 Å². The smallest absolute Gasteiger partial charge is 0.322 e. The first-order valence-corrected chi connectivity index (χ1v) is 15.6. The number of halogens is 1. The van der Waals surface area contributed by atoms with Gasteiger partial charge in [-0.05, 0) is 73.4 Å². The fourth-order valence-corrected chi connectivity index (χ4v) is 5.28. The van der Waals surface area contributed by atoms with E-state index in [1.165, 1.54) is 17.0 Å². The summed E-state index contributed by atoms with van der Waals surface area (Å²) < 4.78 is 45.5. The molecule has 0 saturated carbocycles. The molecule has 0 spiro atoms. The fraction of sp³-hybridized carbons (Fsp3) is 0.367. The van der Waals surface area contributed by atoms with Gasteiger partial charge in [0.2, 0.25) is 10.0 Å². The number of unbranched alkanes of at least 4 members (excludes halogenated alkanes) is 1. The van der Waals surface area contributed by atoms with Crippen molar-refractivity contribution >= 4 is 27.4 Å². The van der Waals surface area contributed by atoms with Gasteiger partial charge in [-0.2, -0.15) is 0 Å². The maximum absolute atomic E-state index is 14.5. The van der Waals surface area contributed by atoms with Gasteiger partial charge in [-0.25, -0.2) is 17.6 Å². The Morgan fingerprint density at radius 1 is 1.05 bits per heavy atom. The van der Waals surface area contributed by atoms with Crippen LogP contribution in [-0.2, 0) is 16.6 Å². The predicted octanol–water partition coefficient (Wildman–Crippen LogP) is 5.68. The first-order chi connectivity index (χ1) is 19.6. The summed E-state index contributed by atoms with van der Waals surface area (Å²) >= 11 is 0. The number of piperidine rings is 1. The van der Waals surface area contributed by atoms with Crippen molar-refractivity contribution in [2.75, 3.05) is 35.5 Å². The third kappa shape index (κ3) is 9.09. The lowest BCUT2D eigenvalue weighted by Crippen LogP contribution is -2.49. The molecular formula is C30H37FN4O5S. The number of likely N-dealkylation sites (tertiary alicyclic amines) is 1. The average Bonchev–Trinajstić information content (AvgIpc) is 2.92. The lowest BCUT2D eigenvalue weighted by atomic mass is 10.0. The lowest BCUT2D eigenvalue weighted by molar-refractivity contribution is 0.188. The number of nitrogens with zero attached hydrogens (tertiary/aromatic N) is 2. The van der Waals surface area contributed by atoms with Crippen molar-refractivity contribution in [3.8, 4) is 17.2 Å². The van der Waals surface area contributed by atoms with E-state index in [1.807, 2.05) is 31.2 Å². The van der Waals surface area contributed by atoms with Crippen molar-refractivity contribution in [3.05, 3.63) is 78.1 Å². The van der Waals surface area contributed by atoms with Crippen LogP contribution in [0.2, 0.25) is 0 Å². The number of urea groups is 1. The highest BCUT2D eigenvalue weighted by molar-refractivity contribution is 7.92. The summed E-state index contributed by atoms with van der Waals surface area (Å²) in [6.07, 6.45) is 4.29. The number of amides is 2. The summed E-state index contributed by atoms with van der Waals surface area (Å²) in [5, 5.41) is 12.6. The second kappa shape index (κ2) is 13.7. The van der Waals surface area contributed by atoms with E-state index in [2.05, 4.69) is 14.9 Å². The summed E-state index contributed by atoms with van der Waals surface area (Å²) in [6, 6.07) is 18.1. The van der Waals surface area contributed by atoms with Crippen LogP contribution in [0.25, 0.3) is 0 Å². The number of nitrogens with one attached hydrogen (secondary N) is 2. The van der Waals surface area contributed by atoms with Gasteiger partial charge in [0, 0.05) is 44.0 Å². The van der Waals surface area contributed by atoms with Gasteiger partial charge in [0.15, 0.2) is 5.82 Å². The maximum Gasteiger partial charge on any atom is 0.322 e. The van der Waals surface area contributed by atoms with E-state index in [1.54, 1.807) is 24.3 Å². The maximum atomic E-state index is 14.5. The number of hydrogen-bond acceptors (Lipinski definition) is 6. The molecule has 0 radical (unpaired) electrons. The van der Waals surface area contributed by atoms with E-state index in [9.17, 15) is 22.7 Å². The largest absolute Gasteiger partial charge is 0.508 e. The first-order valence-electron chi connectivity index (χ1n) is 13.7. The number of carbonyl (C=O) groups is 1. The minimum absolute atomic E-state index is 0.00199. The summed E-state index contributed by atoms with van der Waals surface area (Å²) in [5.74, 6) is 0.481. The fourth-order valence-electron chi connectivity index (χ4n) is 4.71. The molecule has 11 heteroatoms. The SMILES string of the molecule is CCCCN(C(=O)NC1CCN(Cc2ccc(Oc3ccc(NS(C)(=O)=O)cc3)cc2)CC1)c1ccc(O)cc1F. The van der Waals surface area contributed by atoms with Crippen molar-refractivity contribution in [1.82, 2.24) is 10.2 Å². The molecule has 3 aromatic carbocycles. The van der Waals surface area contributed by atoms with E-state index in [0.717, 1.165) is 63.2 Å². The number of carbonyl (C=O) groups excluding carboxylic acids is 1. The highest BCUT2D eigenvalue weighted by Gasteiger charge is 2.25. The Balaban J connectivity index is 1.25. The van der Waals surface area contributed by atoms with E-state index in [4.69, 9.17) is 4.74 Å². The third-order valence-electron chi connectivity index (χ3n) is 6.84. The van der Waals surface area contributed by atoms with Crippen LogP contribution in [0.3, 0.4) is 0 Å². The molecular weight excluding hydrogens is 547 g/mol. The third-order valence-corrected chi connectivity index (χ3v) is 7.45. The van der Waals surface area contributed by atoms with E-state index < -0.39 is 15.8 Å².